The molecule has 0 saturated heterocycles. The normalized spacial score (nSPS) is 17.6. The second kappa shape index (κ2) is 10.6. The van der Waals surface area contributed by atoms with Gasteiger partial charge in [0.15, 0.2) is 28.8 Å². The minimum atomic E-state index is -4.82. The minimum absolute atomic E-state index is 0.00189. The lowest BCUT2D eigenvalue weighted by atomic mass is 9.93. The van der Waals surface area contributed by atoms with Crippen molar-refractivity contribution in [2.45, 2.75) is 50.9 Å². The number of benzene rings is 2. The Morgan fingerprint density at radius 1 is 1.09 bits per heavy atom. The summed E-state index contributed by atoms with van der Waals surface area (Å²) in [6.45, 7) is 1.49. The molecule has 6 rings (SSSR count). The van der Waals surface area contributed by atoms with Crippen LogP contribution in [-0.4, -0.2) is 32.1 Å². The number of carboxylic acid groups (broad SMARTS) is 1. The zero-order valence-corrected chi connectivity index (χ0v) is 22.6. The Kier molecular flexibility index (Phi) is 7.05. The van der Waals surface area contributed by atoms with Crippen molar-refractivity contribution in [3.8, 4) is 28.9 Å². The molecule has 0 fully saturated rings. The molecule has 15 heteroatoms. The fourth-order valence-electron chi connectivity index (χ4n) is 5.07. The molecule has 9 nitrogen and oxygen atoms in total. The van der Waals surface area contributed by atoms with E-state index in [1.165, 1.54) is 49.4 Å². The maximum Gasteiger partial charge on any atom is 0.586 e. The van der Waals surface area contributed by atoms with Crippen molar-refractivity contribution < 1.29 is 55.2 Å². The van der Waals surface area contributed by atoms with E-state index in [-0.39, 0.29) is 46.3 Å². The predicted molar refractivity (Wildman–Crippen MR) is 138 cm³/mol. The summed E-state index contributed by atoms with van der Waals surface area (Å²) in [5, 5.41) is 13.0. The van der Waals surface area contributed by atoms with Crippen LogP contribution in [0.15, 0.2) is 54.6 Å². The van der Waals surface area contributed by atoms with Crippen LogP contribution < -0.4 is 18.9 Å². The Balaban J connectivity index is 1.34. The number of hydrogen-bond donors (Lipinski definition) is 1. The molecule has 1 aliphatic heterocycles. The van der Waals surface area contributed by atoms with Crippen LogP contribution >= 0.6 is 0 Å². The predicted octanol–water partition coefficient (Wildman–Crippen LogP) is 7.04. The molecule has 2 aromatic carbocycles. The standard InChI is InChI=1S/C29H21F6N3O6/c1-14(16-7-11-20-22(13-16)44-29(34,35)43-20)41-26-19(30)10-12-23(36-26)38-24-18(25(37-38)28(31,32)33)3-2-4-21(24)42-17-8-5-15(6-9-17)27(39)40/h5-14,21H,2-4H2,1H3,(H,39,40)/t14-,21-/m0/s1. The number of aromatic nitrogens is 3. The van der Waals surface area contributed by atoms with Crippen molar-refractivity contribution in [1.82, 2.24) is 14.8 Å². The number of rotatable bonds is 7. The van der Waals surface area contributed by atoms with Gasteiger partial charge in [0, 0.05) is 5.56 Å². The van der Waals surface area contributed by atoms with Crippen molar-refractivity contribution in [3.05, 3.63) is 88.5 Å². The van der Waals surface area contributed by atoms with E-state index in [4.69, 9.17) is 14.6 Å². The smallest absolute Gasteiger partial charge is 0.484 e. The molecule has 230 valence electrons. The van der Waals surface area contributed by atoms with Gasteiger partial charge < -0.3 is 24.1 Å². The molecule has 0 unspecified atom stereocenters. The average Bonchev–Trinajstić information content (AvgIpc) is 3.51. The van der Waals surface area contributed by atoms with Gasteiger partial charge in [-0.15, -0.1) is 8.78 Å². The fraction of sp³-hybridized carbons (Fsp3) is 0.276. The highest BCUT2D eigenvalue weighted by Gasteiger charge is 2.44. The largest absolute Gasteiger partial charge is 0.586 e. The zero-order valence-electron chi connectivity index (χ0n) is 22.6. The van der Waals surface area contributed by atoms with Crippen molar-refractivity contribution in [1.29, 1.82) is 0 Å². The van der Waals surface area contributed by atoms with Gasteiger partial charge in [0.25, 0.3) is 5.88 Å². The van der Waals surface area contributed by atoms with Crippen LogP contribution in [0, 0.1) is 5.82 Å². The number of aromatic carboxylic acids is 1. The number of fused-ring (bicyclic) bond motifs is 2. The maximum absolute atomic E-state index is 14.9. The fourth-order valence-corrected chi connectivity index (χ4v) is 5.07. The molecule has 1 aliphatic carbocycles. The lowest BCUT2D eigenvalue weighted by molar-refractivity contribution is -0.286. The Morgan fingerprint density at radius 2 is 1.82 bits per heavy atom. The summed E-state index contributed by atoms with van der Waals surface area (Å²) in [6.07, 6.45) is -9.84. The van der Waals surface area contributed by atoms with Crippen LogP contribution in [0.5, 0.6) is 23.1 Å². The highest BCUT2D eigenvalue weighted by atomic mass is 19.4. The molecule has 0 saturated carbocycles. The first-order chi connectivity index (χ1) is 20.8. The van der Waals surface area contributed by atoms with Crippen molar-refractivity contribution in [2.24, 2.45) is 0 Å². The van der Waals surface area contributed by atoms with Crippen LogP contribution in [0.25, 0.3) is 5.82 Å². The highest BCUT2D eigenvalue weighted by Crippen LogP contribution is 2.44. The van der Waals surface area contributed by atoms with Gasteiger partial charge in [-0.1, -0.05) is 6.07 Å². The number of nitrogens with zero attached hydrogens (tertiary/aromatic N) is 3. The maximum atomic E-state index is 14.9. The lowest BCUT2D eigenvalue weighted by Gasteiger charge is -2.25. The highest BCUT2D eigenvalue weighted by molar-refractivity contribution is 5.87. The van der Waals surface area contributed by atoms with Gasteiger partial charge in [-0.25, -0.2) is 13.9 Å². The van der Waals surface area contributed by atoms with Gasteiger partial charge in [0.05, 0.1) is 11.3 Å². The van der Waals surface area contributed by atoms with Crippen molar-refractivity contribution >= 4 is 5.97 Å². The first-order valence-corrected chi connectivity index (χ1v) is 13.2. The number of ether oxygens (including phenoxy) is 4. The van der Waals surface area contributed by atoms with Crippen LogP contribution in [0.3, 0.4) is 0 Å². The summed E-state index contributed by atoms with van der Waals surface area (Å²) in [6, 6.07) is 11.3. The third kappa shape index (κ3) is 5.56. The van der Waals surface area contributed by atoms with Gasteiger partial charge >= 0.3 is 18.4 Å². The van der Waals surface area contributed by atoms with E-state index in [9.17, 15) is 31.1 Å². The Morgan fingerprint density at radius 3 is 2.52 bits per heavy atom. The van der Waals surface area contributed by atoms with E-state index in [1.54, 1.807) is 0 Å². The molecule has 2 atom stereocenters. The van der Waals surface area contributed by atoms with Gasteiger partial charge in [-0.05, 0) is 80.3 Å². The first-order valence-electron chi connectivity index (χ1n) is 13.2. The van der Waals surface area contributed by atoms with Crippen molar-refractivity contribution in [2.75, 3.05) is 0 Å². The van der Waals surface area contributed by atoms with E-state index in [0.29, 0.717) is 18.4 Å². The number of pyridine rings is 1. The summed E-state index contributed by atoms with van der Waals surface area (Å²) in [4.78, 5) is 15.3. The number of alkyl halides is 5. The summed E-state index contributed by atoms with van der Waals surface area (Å²) in [5.41, 5.74) is -0.881. The molecule has 2 aromatic heterocycles. The monoisotopic (exact) mass is 621 g/mol. The Bertz CT molecular complexity index is 1740. The van der Waals surface area contributed by atoms with Crippen molar-refractivity contribution in [3.63, 3.8) is 0 Å². The van der Waals surface area contributed by atoms with Crippen LogP contribution in [0.2, 0.25) is 0 Å². The molecule has 0 bridgehead atoms. The summed E-state index contributed by atoms with van der Waals surface area (Å²) in [5.74, 6) is -3.08. The van der Waals surface area contributed by atoms with E-state index in [1.807, 2.05) is 0 Å². The number of carbonyl (C=O) groups is 1. The molecule has 0 radical (unpaired) electrons. The molecule has 0 amide bonds. The molecule has 1 N–H and O–H groups in total. The molecule has 2 aliphatic rings. The molecular weight excluding hydrogens is 600 g/mol. The van der Waals surface area contributed by atoms with E-state index in [2.05, 4.69) is 19.6 Å². The van der Waals surface area contributed by atoms with Gasteiger partial charge in [-0.3, -0.25) is 0 Å². The van der Waals surface area contributed by atoms with Crippen LogP contribution in [-0.2, 0) is 12.6 Å². The number of halogens is 6. The van der Waals surface area contributed by atoms with Crippen LogP contribution in [0.1, 0.15) is 64.8 Å². The topological polar surface area (TPSA) is 105 Å². The van der Waals surface area contributed by atoms with Gasteiger partial charge in [-0.2, -0.15) is 23.3 Å². The zero-order chi connectivity index (χ0) is 31.4. The minimum Gasteiger partial charge on any atom is -0.484 e. The van der Waals surface area contributed by atoms with Gasteiger partial charge in [0.2, 0.25) is 0 Å². The average molecular weight is 621 g/mol. The molecule has 0 spiro atoms. The third-order valence-corrected chi connectivity index (χ3v) is 7.07. The summed E-state index contributed by atoms with van der Waals surface area (Å²) in [7, 11) is 0. The van der Waals surface area contributed by atoms with E-state index in [0.717, 1.165) is 16.8 Å². The molecular formula is C29H21F6N3O6. The molecule has 3 heterocycles. The quantitative estimate of drug-likeness (QED) is 0.219. The number of carboxylic acids is 1. The third-order valence-electron chi connectivity index (χ3n) is 7.07. The SMILES string of the molecule is C[C@H](Oc1nc(-n2nc(C(F)(F)F)c3c2[C@@H](Oc2ccc(C(=O)O)cc2)CCC3)ccc1F)c1ccc2c(c1)OC(F)(F)O2. The second-order valence-electron chi connectivity index (χ2n) is 10.0. The van der Waals surface area contributed by atoms with E-state index < -0.39 is 48.0 Å². The summed E-state index contributed by atoms with van der Waals surface area (Å²) >= 11 is 0. The first kappa shape index (κ1) is 29.1. The Hall–Kier alpha value is -4.95. The van der Waals surface area contributed by atoms with E-state index >= 15 is 0 Å². The Labute approximate surface area is 244 Å². The second-order valence-corrected chi connectivity index (χ2v) is 10.0. The molecule has 44 heavy (non-hydrogen) atoms. The molecule has 4 aromatic rings. The summed E-state index contributed by atoms with van der Waals surface area (Å²) < 4.78 is 105. The number of hydrogen-bond acceptors (Lipinski definition) is 7. The van der Waals surface area contributed by atoms with Gasteiger partial charge in [0.1, 0.15) is 18.0 Å². The van der Waals surface area contributed by atoms with Crippen LogP contribution in [0.4, 0.5) is 26.3 Å². The lowest BCUT2D eigenvalue weighted by Crippen LogP contribution is -2.25.